The number of halogens is 2. The van der Waals surface area contributed by atoms with Gasteiger partial charge in [-0.05, 0) is 55.5 Å². The van der Waals surface area contributed by atoms with Crippen LogP contribution in [0.1, 0.15) is 56.6 Å². The number of aryl methyl sites for hydroxylation is 1. The fraction of sp³-hybridized carbons (Fsp3) is 0.462. The van der Waals surface area contributed by atoms with E-state index in [1.165, 1.54) is 6.42 Å². The van der Waals surface area contributed by atoms with E-state index in [1.54, 1.807) is 23.1 Å². The van der Waals surface area contributed by atoms with E-state index in [0.29, 0.717) is 28.8 Å². The Morgan fingerprint density at radius 2 is 1.85 bits per heavy atom. The zero-order valence-corrected chi connectivity index (χ0v) is 20.8. The lowest BCUT2D eigenvalue weighted by molar-refractivity contribution is -0.143. The number of carbonyl (C=O) groups is 2. The number of benzene rings is 2. The standard InChI is InChI=1S/C26H32Cl2N2O3/c1-3-23(26(32)29-21-11-5-4-6-12-21)30(16-19-10-8-7-9-18(19)2)25(31)17-33-24-14-13-20(27)15-22(24)28/h7-10,13-15,21,23H,3-6,11-12,16-17H2,1-2H3,(H,29,32). The van der Waals surface area contributed by atoms with Crippen LogP contribution >= 0.6 is 23.2 Å². The summed E-state index contributed by atoms with van der Waals surface area (Å²) < 4.78 is 5.71. The predicted octanol–water partition coefficient (Wildman–Crippen LogP) is 5.94. The molecule has 178 valence electrons. The van der Waals surface area contributed by atoms with E-state index in [4.69, 9.17) is 27.9 Å². The Balaban J connectivity index is 1.78. The van der Waals surface area contributed by atoms with Gasteiger partial charge in [-0.2, -0.15) is 0 Å². The summed E-state index contributed by atoms with van der Waals surface area (Å²) in [6.45, 7) is 4.05. The summed E-state index contributed by atoms with van der Waals surface area (Å²) in [5.74, 6) is 0.00994. The third-order valence-electron chi connectivity index (χ3n) is 6.18. The van der Waals surface area contributed by atoms with Crippen LogP contribution in [0.3, 0.4) is 0 Å². The molecule has 0 bridgehead atoms. The second kappa shape index (κ2) is 12.3. The van der Waals surface area contributed by atoms with Gasteiger partial charge in [0.1, 0.15) is 11.8 Å². The molecule has 0 saturated heterocycles. The Morgan fingerprint density at radius 1 is 1.12 bits per heavy atom. The van der Waals surface area contributed by atoms with Gasteiger partial charge in [-0.15, -0.1) is 0 Å². The lowest BCUT2D eigenvalue weighted by Gasteiger charge is -2.33. The van der Waals surface area contributed by atoms with Crippen molar-refractivity contribution in [2.24, 2.45) is 0 Å². The molecule has 2 aromatic rings. The first-order valence-electron chi connectivity index (χ1n) is 11.6. The first-order valence-corrected chi connectivity index (χ1v) is 12.4. The molecule has 0 spiro atoms. The smallest absolute Gasteiger partial charge is 0.261 e. The molecule has 3 rings (SSSR count). The van der Waals surface area contributed by atoms with E-state index in [0.717, 1.165) is 36.8 Å². The van der Waals surface area contributed by atoms with Crippen molar-refractivity contribution in [1.82, 2.24) is 10.2 Å². The van der Waals surface area contributed by atoms with Crippen molar-refractivity contribution in [3.63, 3.8) is 0 Å². The molecule has 0 aromatic heterocycles. The number of amides is 2. The van der Waals surface area contributed by atoms with Gasteiger partial charge >= 0.3 is 0 Å². The maximum Gasteiger partial charge on any atom is 0.261 e. The summed E-state index contributed by atoms with van der Waals surface area (Å²) in [6.07, 6.45) is 5.97. The van der Waals surface area contributed by atoms with Gasteiger partial charge in [0.2, 0.25) is 5.91 Å². The van der Waals surface area contributed by atoms with Crippen LogP contribution in [0.5, 0.6) is 5.75 Å². The van der Waals surface area contributed by atoms with E-state index in [1.807, 2.05) is 38.1 Å². The molecule has 1 aliphatic carbocycles. The van der Waals surface area contributed by atoms with Gasteiger partial charge in [0.05, 0.1) is 5.02 Å². The highest BCUT2D eigenvalue weighted by Gasteiger charge is 2.31. The molecule has 1 unspecified atom stereocenters. The SMILES string of the molecule is CCC(C(=O)NC1CCCCC1)N(Cc1ccccc1C)C(=O)COc1ccc(Cl)cc1Cl. The Bertz CT molecular complexity index is 960. The third-order valence-corrected chi connectivity index (χ3v) is 6.71. The van der Waals surface area contributed by atoms with Crippen LogP contribution in [0.2, 0.25) is 10.0 Å². The molecule has 0 radical (unpaired) electrons. The van der Waals surface area contributed by atoms with Gasteiger partial charge in [-0.3, -0.25) is 9.59 Å². The molecule has 33 heavy (non-hydrogen) atoms. The first-order chi connectivity index (χ1) is 15.9. The Hall–Kier alpha value is -2.24. The van der Waals surface area contributed by atoms with Crippen molar-refractivity contribution in [3.8, 4) is 5.75 Å². The van der Waals surface area contributed by atoms with Crippen LogP contribution in [0.15, 0.2) is 42.5 Å². The van der Waals surface area contributed by atoms with E-state index < -0.39 is 6.04 Å². The van der Waals surface area contributed by atoms with E-state index in [9.17, 15) is 9.59 Å². The fourth-order valence-corrected chi connectivity index (χ4v) is 4.71. The summed E-state index contributed by atoms with van der Waals surface area (Å²) in [6, 6.07) is 12.4. The molecular formula is C26H32Cl2N2O3. The molecule has 1 N–H and O–H groups in total. The second-order valence-electron chi connectivity index (χ2n) is 8.58. The largest absolute Gasteiger partial charge is 0.482 e. The lowest BCUT2D eigenvalue weighted by atomic mass is 9.95. The lowest BCUT2D eigenvalue weighted by Crippen LogP contribution is -2.52. The summed E-state index contributed by atoms with van der Waals surface area (Å²) >= 11 is 12.1. The summed E-state index contributed by atoms with van der Waals surface area (Å²) in [5, 5.41) is 4.01. The Kier molecular flexibility index (Phi) is 9.45. The number of ether oxygens (including phenoxy) is 1. The molecule has 2 aromatic carbocycles. The predicted molar refractivity (Wildman–Crippen MR) is 133 cm³/mol. The number of hydrogen-bond donors (Lipinski definition) is 1. The van der Waals surface area contributed by atoms with Crippen LogP contribution in [0.25, 0.3) is 0 Å². The van der Waals surface area contributed by atoms with E-state index in [2.05, 4.69) is 5.32 Å². The van der Waals surface area contributed by atoms with Crippen molar-refractivity contribution in [1.29, 1.82) is 0 Å². The number of nitrogens with zero attached hydrogens (tertiary/aromatic N) is 1. The zero-order valence-electron chi connectivity index (χ0n) is 19.3. The van der Waals surface area contributed by atoms with Gasteiger partial charge < -0.3 is 15.0 Å². The number of hydrogen-bond acceptors (Lipinski definition) is 3. The van der Waals surface area contributed by atoms with Crippen LogP contribution in [-0.2, 0) is 16.1 Å². The third kappa shape index (κ3) is 7.12. The molecule has 1 fully saturated rings. The van der Waals surface area contributed by atoms with Gasteiger partial charge in [0.25, 0.3) is 5.91 Å². The molecule has 1 atom stereocenters. The molecule has 0 aliphatic heterocycles. The Morgan fingerprint density at radius 3 is 2.52 bits per heavy atom. The van der Waals surface area contributed by atoms with Gasteiger partial charge in [0, 0.05) is 17.6 Å². The van der Waals surface area contributed by atoms with Gasteiger partial charge in [-0.1, -0.05) is 73.7 Å². The normalized spacial score (nSPS) is 15.0. The monoisotopic (exact) mass is 490 g/mol. The minimum Gasteiger partial charge on any atom is -0.482 e. The zero-order chi connectivity index (χ0) is 23.8. The molecule has 5 nitrogen and oxygen atoms in total. The number of nitrogens with one attached hydrogen (secondary N) is 1. The highest BCUT2D eigenvalue weighted by Crippen LogP contribution is 2.28. The topological polar surface area (TPSA) is 58.6 Å². The summed E-state index contributed by atoms with van der Waals surface area (Å²) in [5.41, 5.74) is 2.07. The first kappa shape index (κ1) is 25.4. The van der Waals surface area contributed by atoms with Crippen molar-refractivity contribution < 1.29 is 14.3 Å². The van der Waals surface area contributed by atoms with Crippen molar-refractivity contribution in [3.05, 3.63) is 63.6 Å². The van der Waals surface area contributed by atoms with Crippen molar-refractivity contribution >= 4 is 35.0 Å². The molecule has 1 saturated carbocycles. The minimum atomic E-state index is -0.580. The van der Waals surface area contributed by atoms with E-state index in [-0.39, 0.29) is 24.5 Å². The average Bonchev–Trinajstić information content (AvgIpc) is 2.80. The van der Waals surface area contributed by atoms with Crippen LogP contribution in [0, 0.1) is 6.92 Å². The number of carbonyl (C=O) groups excluding carboxylic acids is 2. The second-order valence-corrected chi connectivity index (χ2v) is 9.42. The highest BCUT2D eigenvalue weighted by molar-refractivity contribution is 6.35. The van der Waals surface area contributed by atoms with Crippen molar-refractivity contribution in [2.45, 2.75) is 71.0 Å². The molecule has 7 heteroatoms. The van der Waals surface area contributed by atoms with Crippen molar-refractivity contribution in [2.75, 3.05) is 6.61 Å². The maximum absolute atomic E-state index is 13.4. The molecule has 0 heterocycles. The van der Waals surface area contributed by atoms with E-state index >= 15 is 0 Å². The molecular weight excluding hydrogens is 459 g/mol. The summed E-state index contributed by atoms with van der Waals surface area (Å²) in [4.78, 5) is 28.2. The van der Waals surface area contributed by atoms with Crippen LogP contribution in [-0.4, -0.2) is 35.4 Å². The van der Waals surface area contributed by atoms with Gasteiger partial charge in [-0.25, -0.2) is 0 Å². The highest BCUT2D eigenvalue weighted by atomic mass is 35.5. The maximum atomic E-state index is 13.4. The Labute approximate surface area is 206 Å². The quantitative estimate of drug-likeness (QED) is 0.473. The molecule has 2 amide bonds. The fourth-order valence-electron chi connectivity index (χ4n) is 4.25. The van der Waals surface area contributed by atoms with Crippen LogP contribution in [0.4, 0.5) is 0 Å². The minimum absolute atomic E-state index is 0.101. The number of rotatable bonds is 9. The van der Waals surface area contributed by atoms with Gasteiger partial charge in [0.15, 0.2) is 6.61 Å². The summed E-state index contributed by atoms with van der Waals surface area (Å²) in [7, 11) is 0. The van der Waals surface area contributed by atoms with Crippen LogP contribution < -0.4 is 10.1 Å². The average molecular weight is 491 g/mol. The molecule has 1 aliphatic rings.